The Morgan fingerprint density at radius 1 is 0.667 bits per heavy atom. The molecular weight excluding hydrogens is 169 g/mol. The molecule has 0 aliphatic carbocycles. The van der Waals surface area contributed by atoms with E-state index in [2.05, 4.69) is 27.7 Å². The Morgan fingerprint density at radius 3 is 0.889 bits per heavy atom. The van der Waals surface area contributed by atoms with E-state index in [9.17, 15) is 0 Å². The van der Waals surface area contributed by atoms with Gasteiger partial charge in [-0.25, -0.2) is 0 Å². The summed E-state index contributed by atoms with van der Waals surface area (Å²) in [7, 11) is 0. The molecule has 0 N–H and O–H groups in total. The monoisotopic (exact) mass is 190 g/mol. The van der Waals surface area contributed by atoms with Crippen LogP contribution in [-0.4, -0.2) is 13.3 Å². The third-order valence-corrected chi connectivity index (χ3v) is 15.6. The maximum absolute atomic E-state index is 2.39. The van der Waals surface area contributed by atoms with Gasteiger partial charge in [-0.05, 0) is 0 Å². The summed E-state index contributed by atoms with van der Waals surface area (Å²) in [4.78, 5) is 0. The zero-order valence-corrected chi connectivity index (χ0v) is 9.43. The van der Waals surface area contributed by atoms with Crippen LogP contribution in [0, 0.1) is 0 Å². The predicted molar refractivity (Wildman–Crippen MR) is 47.7 cm³/mol. The average Bonchev–Trinajstić information content (AvgIpc) is 1.95. The molecule has 0 heterocycles. The molecule has 1 heteroatoms. The van der Waals surface area contributed by atoms with Crippen LogP contribution in [0.25, 0.3) is 0 Å². The summed E-state index contributed by atoms with van der Waals surface area (Å²) >= 11 is -1.17. The van der Waals surface area contributed by atoms with E-state index in [-0.39, 0.29) is 0 Å². The summed E-state index contributed by atoms with van der Waals surface area (Å²) < 4.78 is 0. The third kappa shape index (κ3) is 2.32. The van der Waals surface area contributed by atoms with Crippen LogP contribution >= 0.6 is 0 Å². The van der Waals surface area contributed by atoms with Crippen LogP contribution in [0.2, 0.25) is 21.0 Å². The first kappa shape index (κ1) is 9.54. The van der Waals surface area contributed by atoms with Crippen LogP contribution < -0.4 is 0 Å². The Morgan fingerprint density at radius 2 is 0.889 bits per heavy atom. The minimum atomic E-state index is -1.17. The second kappa shape index (κ2) is 4.37. The minimum absolute atomic E-state index is 1.17. The normalized spacial score (nSPS) is 12.0. The Bertz CT molecular complexity index is 47.5. The first-order valence-electron chi connectivity index (χ1n) is 4.24. The molecule has 0 aromatic rings. The molecule has 0 nitrogen and oxygen atoms in total. The molecule has 0 spiro atoms. The maximum atomic E-state index is 2.39. The molecule has 0 aromatic carbocycles. The molecule has 0 bridgehead atoms. The SMILES string of the molecule is C[CH2][Ge]([CH2]C)([CH2]C)[CH2]C. The fraction of sp³-hybridized carbons (Fsp3) is 1.00. The molecule has 0 saturated heterocycles. The van der Waals surface area contributed by atoms with Gasteiger partial charge in [0.1, 0.15) is 0 Å². The Hall–Kier alpha value is 0.543. The van der Waals surface area contributed by atoms with E-state index in [1.165, 1.54) is 21.0 Å². The van der Waals surface area contributed by atoms with Crippen LogP contribution in [0.3, 0.4) is 0 Å². The predicted octanol–water partition coefficient (Wildman–Crippen LogP) is 3.51. The van der Waals surface area contributed by atoms with Gasteiger partial charge in [0.25, 0.3) is 0 Å². The van der Waals surface area contributed by atoms with Gasteiger partial charge in [-0.15, -0.1) is 0 Å². The van der Waals surface area contributed by atoms with Gasteiger partial charge in [0, 0.05) is 0 Å². The molecule has 0 fully saturated rings. The number of rotatable bonds is 4. The Labute approximate surface area is 62.4 Å². The van der Waals surface area contributed by atoms with Crippen molar-refractivity contribution >= 4 is 13.3 Å². The summed E-state index contributed by atoms with van der Waals surface area (Å²) in [5.74, 6) is 0. The van der Waals surface area contributed by atoms with Crippen LogP contribution in [-0.2, 0) is 0 Å². The molecule has 0 aliphatic heterocycles. The molecule has 0 radical (unpaired) electrons. The zero-order valence-electron chi connectivity index (χ0n) is 7.33. The van der Waals surface area contributed by atoms with Gasteiger partial charge < -0.3 is 0 Å². The average molecular weight is 189 g/mol. The molecular formula is C8H20Ge. The standard InChI is InChI=1S/C8H20Ge/c1-5-9(6-2,7-3)8-4/h5-8H2,1-4H3. The second-order valence-electron chi connectivity index (χ2n) is 2.91. The number of hydrogen-bond donors (Lipinski definition) is 0. The second-order valence-corrected chi connectivity index (χ2v) is 15.1. The van der Waals surface area contributed by atoms with Crippen molar-refractivity contribution in [1.29, 1.82) is 0 Å². The van der Waals surface area contributed by atoms with Gasteiger partial charge in [0.05, 0.1) is 0 Å². The van der Waals surface area contributed by atoms with E-state index < -0.39 is 13.3 Å². The molecule has 0 aliphatic rings. The quantitative estimate of drug-likeness (QED) is 0.593. The van der Waals surface area contributed by atoms with Crippen molar-refractivity contribution in [3.05, 3.63) is 0 Å². The fourth-order valence-corrected chi connectivity index (χ4v) is 7.79. The summed E-state index contributed by atoms with van der Waals surface area (Å²) in [6.07, 6.45) is 0. The molecule has 0 unspecified atom stereocenters. The van der Waals surface area contributed by atoms with Crippen molar-refractivity contribution < 1.29 is 0 Å². The molecule has 0 aromatic heterocycles. The summed E-state index contributed by atoms with van der Waals surface area (Å²) in [5, 5.41) is 6.12. The Balaban J connectivity index is 3.82. The zero-order chi connectivity index (χ0) is 7.33. The first-order chi connectivity index (χ1) is 4.24. The van der Waals surface area contributed by atoms with Crippen LogP contribution in [0.5, 0.6) is 0 Å². The van der Waals surface area contributed by atoms with E-state index >= 15 is 0 Å². The molecule has 0 atom stereocenters. The van der Waals surface area contributed by atoms with Gasteiger partial charge in [0.2, 0.25) is 0 Å². The van der Waals surface area contributed by atoms with Gasteiger partial charge in [-0.2, -0.15) is 0 Å². The first-order valence-corrected chi connectivity index (χ1v) is 10.2. The van der Waals surface area contributed by atoms with Crippen molar-refractivity contribution in [1.82, 2.24) is 0 Å². The van der Waals surface area contributed by atoms with E-state index in [1.54, 1.807) is 0 Å². The van der Waals surface area contributed by atoms with Crippen molar-refractivity contribution in [2.75, 3.05) is 0 Å². The van der Waals surface area contributed by atoms with Gasteiger partial charge in [-0.3, -0.25) is 0 Å². The molecule has 0 amide bonds. The van der Waals surface area contributed by atoms with Crippen molar-refractivity contribution in [3.63, 3.8) is 0 Å². The molecule has 0 rings (SSSR count). The van der Waals surface area contributed by atoms with E-state index in [4.69, 9.17) is 0 Å². The summed E-state index contributed by atoms with van der Waals surface area (Å²) in [6, 6.07) is 0. The number of hydrogen-bond acceptors (Lipinski definition) is 0. The van der Waals surface area contributed by atoms with Crippen molar-refractivity contribution in [2.24, 2.45) is 0 Å². The topological polar surface area (TPSA) is 0 Å². The molecule has 9 heavy (non-hydrogen) atoms. The van der Waals surface area contributed by atoms with Crippen LogP contribution in [0.15, 0.2) is 0 Å². The van der Waals surface area contributed by atoms with Crippen molar-refractivity contribution in [2.45, 2.75) is 48.7 Å². The van der Waals surface area contributed by atoms with Crippen LogP contribution in [0.1, 0.15) is 27.7 Å². The molecule has 0 saturated carbocycles. The van der Waals surface area contributed by atoms with Gasteiger partial charge in [0.15, 0.2) is 0 Å². The third-order valence-electron chi connectivity index (χ3n) is 3.00. The van der Waals surface area contributed by atoms with E-state index in [0.29, 0.717) is 0 Å². The summed E-state index contributed by atoms with van der Waals surface area (Å²) in [6.45, 7) is 9.54. The molecule has 56 valence electrons. The van der Waals surface area contributed by atoms with Crippen molar-refractivity contribution in [3.8, 4) is 0 Å². The Kier molecular flexibility index (Phi) is 4.64. The van der Waals surface area contributed by atoms with Gasteiger partial charge in [-0.1, -0.05) is 0 Å². The van der Waals surface area contributed by atoms with E-state index in [1.807, 2.05) is 0 Å². The summed E-state index contributed by atoms with van der Waals surface area (Å²) in [5.41, 5.74) is 0. The fourth-order valence-electron chi connectivity index (χ4n) is 1.50. The van der Waals surface area contributed by atoms with E-state index in [0.717, 1.165) is 0 Å². The van der Waals surface area contributed by atoms with Gasteiger partial charge >= 0.3 is 62.0 Å². The van der Waals surface area contributed by atoms with Crippen LogP contribution in [0.4, 0.5) is 0 Å².